The first kappa shape index (κ1) is 29.9. The summed E-state index contributed by atoms with van der Waals surface area (Å²) in [4.78, 5) is 2.48. The molecule has 0 aliphatic carbocycles. The minimum absolute atomic E-state index is 0.0198. The van der Waals surface area contributed by atoms with E-state index in [1.807, 2.05) is 48.5 Å². The highest BCUT2D eigenvalue weighted by molar-refractivity contribution is 7.92. The smallest absolute Gasteiger partial charge is 0.261 e. The third-order valence-electron chi connectivity index (χ3n) is 8.00. The molecule has 0 radical (unpaired) electrons. The molecule has 1 fully saturated rings. The number of sulfonamides is 1. The molecule has 220 valence electrons. The number of ether oxygens (including phenoxy) is 2. The SMILES string of the molecule is C[C@H]1[C@@H](CN(C)[C@@H](C)c2ccccc2)O[C@@H](c2cccc(NS(=O)(=O)c3ccccc3)c2)O[C@H]1c1ccc(CO)cc1. The number of aliphatic hydroxyl groups is 1. The Kier molecular flexibility index (Phi) is 9.40. The number of hydrogen-bond acceptors (Lipinski definition) is 6. The van der Waals surface area contributed by atoms with Crippen LogP contribution in [0.15, 0.2) is 114 Å². The predicted octanol–water partition coefficient (Wildman–Crippen LogP) is 6.46. The molecule has 42 heavy (non-hydrogen) atoms. The topological polar surface area (TPSA) is 88.1 Å². The zero-order chi connectivity index (χ0) is 29.7. The summed E-state index contributed by atoms with van der Waals surface area (Å²) in [5, 5.41) is 9.54. The average Bonchev–Trinajstić information content (AvgIpc) is 3.02. The molecule has 7 nitrogen and oxygen atoms in total. The maximum atomic E-state index is 13.0. The number of nitrogens with one attached hydrogen (secondary N) is 1. The number of aliphatic hydroxyl groups excluding tert-OH is 1. The first-order chi connectivity index (χ1) is 20.2. The Morgan fingerprint density at radius 1 is 0.857 bits per heavy atom. The number of nitrogens with zero attached hydrogens (tertiary/aromatic N) is 1. The molecule has 1 aliphatic heterocycles. The second-order valence-electron chi connectivity index (χ2n) is 10.9. The van der Waals surface area contributed by atoms with Gasteiger partial charge in [0.25, 0.3) is 10.0 Å². The van der Waals surface area contributed by atoms with E-state index in [0.29, 0.717) is 12.2 Å². The quantitative estimate of drug-likeness (QED) is 0.222. The second kappa shape index (κ2) is 13.2. The molecule has 0 aromatic heterocycles. The Hall–Kier alpha value is -3.53. The molecule has 1 aliphatic rings. The molecule has 0 unspecified atom stereocenters. The molecule has 2 N–H and O–H groups in total. The Balaban J connectivity index is 1.42. The van der Waals surface area contributed by atoms with E-state index >= 15 is 0 Å². The van der Waals surface area contributed by atoms with Crippen molar-refractivity contribution in [3.8, 4) is 0 Å². The van der Waals surface area contributed by atoms with Gasteiger partial charge in [-0.1, -0.05) is 91.9 Å². The maximum absolute atomic E-state index is 13.0. The fraction of sp³-hybridized carbons (Fsp3) is 0.294. The lowest BCUT2D eigenvalue weighted by molar-refractivity contribution is -0.276. The molecule has 5 atom stereocenters. The van der Waals surface area contributed by atoms with Gasteiger partial charge in [0.05, 0.1) is 23.7 Å². The van der Waals surface area contributed by atoms with E-state index in [4.69, 9.17) is 9.47 Å². The summed E-state index contributed by atoms with van der Waals surface area (Å²) in [5.74, 6) is 0.0198. The number of benzene rings is 4. The highest BCUT2D eigenvalue weighted by Crippen LogP contribution is 2.42. The van der Waals surface area contributed by atoms with Crippen LogP contribution in [0.2, 0.25) is 0 Å². The second-order valence-corrected chi connectivity index (χ2v) is 12.6. The Morgan fingerprint density at radius 2 is 1.52 bits per heavy atom. The van der Waals surface area contributed by atoms with Gasteiger partial charge in [0.2, 0.25) is 0 Å². The van der Waals surface area contributed by atoms with Gasteiger partial charge in [-0.3, -0.25) is 9.62 Å². The van der Waals surface area contributed by atoms with Crippen LogP contribution in [0.5, 0.6) is 0 Å². The van der Waals surface area contributed by atoms with Gasteiger partial charge in [-0.2, -0.15) is 0 Å². The van der Waals surface area contributed by atoms with Crippen LogP contribution in [-0.4, -0.2) is 38.1 Å². The standard InChI is InChI=1S/C34H38N2O5S/c1-24-32(22-36(3)25(2)27-11-6-4-7-12-27)40-34(41-33(24)28-19-17-26(23-37)18-20-28)29-13-10-14-30(21-29)35-42(38,39)31-15-8-5-9-16-31/h4-21,24-25,32-35,37H,22-23H2,1-3H3/t24-,25-,32+,33+,34+/m0/s1. The summed E-state index contributed by atoms with van der Waals surface area (Å²) < 4.78 is 41.9. The van der Waals surface area contributed by atoms with Crippen molar-refractivity contribution in [1.29, 1.82) is 0 Å². The molecule has 5 rings (SSSR count). The normalized spacial score (nSPS) is 21.6. The fourth-order valence-electron chi connectivity index (χ4n) is 5.32. The summed E-state index contributed by atoms with van der Waals surface area (Å²) in [6.07, 6.45) is -1.16. The average molecular weight is 587 g/mol. The molecular formula is C34H38N2O5S. The van der Waals surface area contributed by atoms with Crippen molar-refractivity contribution in [2.45, 2.75) is 49.9 Å². The first-order valence-corrected chi connectivity index (χ1v) is 15.7. The van der Waals surface area contributed by atoms with Crippen LogP contribution in [0, 0.1) is 5.92 Å². The minimum Gasteiger partial charge on any atom is -0.392 e. The minimum atomic E-state index is -3.75. The van der Waals surface area contributed by atoms with Gasteiger partial charge >= 0.3 is 0 Å². The van der Waals surface area contributed by atoms with Crippen molar-refractivity contribution in [2.24, 2.45) is 5.92 Å². The third kappa shape index (κ3) is 6.91. The lowest BCUT2D eigenvalue weighted by atomic mass is 9.89. The Labute approximate surface area is 248 Å². The maximum Gasteiger partial charge on any atom is 0.261 e. The molecular weight excluding hydrogens is 548 g/mol. The molecule has 8 heteroatoms. The zero-order valence-electron chi connectivity index (χ0n) is 24.1. The van der Waals surface area contributed by atoms with Crippen molar-refractivity contribution in [2.75, 3.05) is 18.3 Å². The Bertz CT molecular complexity index is 1550. The summed E-state index contributed by atoms with van der Waals surface area (Å²) >= 11 is 0. The van der Waals surface area contributed by atoms with Gasteiger partial charge in [-0.25, -0.2) is 8.42 Å². The Morgan fingerprint density at radius 3 is 2.19 bits per heavy atom. The van der Waals surface area contributed by atoms with E-state index in [2.05, 4.69) is 42.6 Å². The number of rotatable bonds is 10. The summed E-state index contributed by atoms with van der Waals surface area (Å²) in [6.45, 7) is 4.97. The van der Waals surface area contributed by atoms with Gasteiger partial charge in [0.15, 0.2) is 6.29 Å². The number of anilines is 1. The largest absolute Gasteiger partial charge is 0.392 e. The lowest BCUT2D eigenvalue weighted by Gasteiger charge is -2.43. The van der Waals surface area contributed by atoms with Crippen molar-refractivity contribution in [1.82, 2.24) is 4.90 Å². The van der Waals surface area contributed by atoms with Crippen LogP contribution >= 0.6 is 0 Å². The molecule has 1 saturated heterocycles. The highest BCUT2D eigenvalue weighted by atomic mass is 32.2. The van der Waals surface area contributed by atoms with E-state index in [1.54, 1.807) is 48.5 Å². The van der Waals surface area contributed by atoms with Crippen molar-refractivity contribution in [3.05, 3.63) is 131 Å². The van der Waals surface area contributed by atoms with E-state index in [9.17, 15) is 13.5 Å². The fourth-order valence-corrected chi connectivity index (χ4v) is 6.39. The molecule has 4 aromatic carbocycles. The van der Waals surface area contributed by atoms with E-state index in [1.165, 1.54) is 5.56 Å². The molecule has 1 heterocycles. The van der Waals surface area contributed by atoms with Crippen molar-refractivity contribution < 1.29 is 23.0 Å². The van der Waals surface area contributed by atoms with Crippen molar-refractivity contribution in [3.63, 3.8) is 0 Å². The molecule has 0 amide bonds. The molecule has 0 saturated carbocycles. The van der Waals surface area contributed by atoms with E-state index in [-0.39, 0.29) is 35.7 Å². The van der Waals surface area contributed by atoms with Gasteiger partial charge in [-0.05, 0) is 54.9 Å². The lowest BCUT2D eigenvalue weighted by Crippen LogP contribution is -2.44. The van der Waals surface area contributed by atoms with Gasteiger partial charge < -0.3 is 14.6 Å². The summed E-state index contributed by atoms with van der Waals surface area (Å²) in [7, 11) is -1.65. The van der Waals surface area contributed by atoms with Gasteiger partial charge in [0, 0.05) is 29.8 Å². The van der Waals surface area contributed by atoms with Crippen LogP contribution in [0.25, 0.3) is 0 Å². The van der Waals surface area contributed by atoms with Crippen LogP contribution < -0.4 is 4.72 Å². The molecule has 0 bridgehead atoms. The van der Waals surface area contributed by atoms with Crippen LogP contribution in [0.3, 0.4) is 0 Å². The third-order valence-corrected chi connectivity index (χ3v) is 9.40. The van der Waals surface area contributed by atoms with Gasteiger partial charge in [0.1, 0.15) is 0 Å². The zero-order valence-corrected chi connectivity index (χ0v) is 24.9. The predicted molar refractivity (Wildman–Crippen MR) is 164 cm³/mol. The van der Waals surface area contributed by atoms with Crippen molar-refractivity contribution >= 4 is 15.7 Å². The monoisotopic (exact) mass is 586 g/mol. The number of hydrogen-bond donors (Lipinski definition) is 2. The first-order valence-electron chi connectivity index (χ1n) is 14.2. The summed E-state index contributed by atoms with van der Waals surface area (Å²) in [5.41, 5.74) is 4.21. The van der Waals surface area contributed by atoms with Crippen LogP contribution in [0.4, 0.5) is 5.69 Å². The molecule has 0 spiro atoms. The summed E-state index contributed by atoms with van der Waals surface area (Å²) in [6, 6.07) is 33.8. The van der Waals surface area contributed by atoms with E-state index < -0.39 is 16.3 Å². The van der Waals surface area contributed by atoms with E-state index in [0.717, 1.165) is 16.7 Å². The molecule has 4 aromatic rings. The van der Waals surface area contributed by atoms with Crippen LogP contribution in [0.1, 0.15) is 54.5 Å². The number of likely N-dealkylation sites (N-methyl/N-ethyl adjacent to an activating group) is 1. The van der Waals surface area contributed by atoms with Crippen LogP contribution in [-0.2, 0) is 26.1 Å². The highest BCUT2D eigenvalue weighted by Gasteiger charge is 2.39. The van der Waals surface area contributed by atoms with Gasteiger partial charge in [-0.15, -0.1) is 0 Å².